The molecule has 0 amide bonds. The maximum atomic E-state index is 11.4. The summed E-state index contributed by atoms with van der Waals surface area (Å²) in [7, 11) is 1.32. The van der Waals surface area contributed by atoms with Gasteiger partial charge < -0.3 is 14.2 Å². The number of ether oxygens (including phenoxy) is 3. The van der Waals surface area contributed by atoms with Gasteiger partial charge in [0.05, 0.1) is 26.7 Å². The lowest BCUT2D eigenvalue weighted by molar-refractivity contribution is -0.182. The number of ketones is 1. The topological polar surface area (TPSA) is 61.8 Å². The highest BCUT2D eigenvalue weighted by Crippen LogP contribution is 2.11. The van der Waals surface area contributed by atoms with Crippen molar-refractivity contribution in [2.75, 3.05) is 20.3 Å². The first-order chi connectivity index (χ1) is 7.72. The molecule has 0 aromatic carbocycles. The van der Waals surface area contributed by atoms with Crippen molar-refractivity contribution in [3.8, 4) is 0 Å². The van der Waals surface area contributed by atoms with Crippen molar-refractivity contribution >= 4 is 11.8 Å². The number of rotatable bonds is 6. The molecular weight excluding hydrogens is 212 g/mol. The van der Waals surface area contributed by atoms with Crippen LogP contribution in [0.2, 0.25) is 0 Å². The third kappa shape index (κ3) is 5.23. The van der Waals surface area contributed by atoms with Gasteiger partial charge in [-0.2, -0.15) is 0 Å². The van der Waals surface area contributed by atoms with Gasteiger partial charge in [0.2, 0.25) is 0 Å². The minimum absolute atomic E-state index is 0.0446. The fourth-order valence-electron chi connectivity index (χ4n) is 1.45. The second-order valence-electron chi connectivity index (χ2n) is 3.68. The van der Waals surface area contributed by atoms with E-state index >= 15 is 0 Å². The summed E-state index contributed by atoms with van der Waals surface area (Å²) in [6.07, 6.45) is 2.01. The van der Waals surface area contributed by atoms with Crippen LogP contribution in [0.15, 0.2) is 0 Å². The molecule has 0 radical (unpaired) electrons. The first kappa shape index (κ1) is 13.1. The van der Waals surface area contributed by atoms with Crippen LogP contribution < -0.4 is 0 Å². The molecule has 0 aromatic rings. The Kier molecular flexibility index (Phi) is 6.03. The van der Waals surface area contributed by atoms with Crippen LogP contribution in [0.5, 0.6) is 0 Å². The molecule has 1 rings (SSSR count). The van der Waals surface area contributed by atoms with Crippen molar-refractivity contribution in [3.63, 3.8) is 0 Å². The van der Waals surface area contributed by atoms with Crippen LogP contribution in [0.25, 0.3) is 0 Å². The minimum atomic E-state index is -0.349. The van der Waals surface area contributed by atoms with E-state index in [0.717, 1.165) is 6.42 Å². The lowest BCUT2D eigenvalue weighted by Crippen LogP contribution is -2.25. The van der Waals surface area contributed by atoms with Crippen LogP contribution in [0.1, 0.15) is 32.1 Å². The molecule has 1 saturated heterocycles. The van der Waals surface area contributed by atoms with Crippen LogP contribution in [-0.4, -0.2) is 38.4 Å². The van der Waals surface area contributed by atoms with Gasteiger partial charge in [-0.1, -0.05) is 0 Å². The van der Waals surface area contributed by atoms with Gasteiger partial charge in [-0.05, 0) is 6.42 Å². The second kappa shape index (κ2) is 7.35. The molecule has 16 heavy (non-hydrogen) atoms. The predicted molar refractivity (Wildman–Crippen MR) is 55.8 cm³/mol. The zero-order valence-electron chi connectivity index (χ0n) is 9.57. The second-order valence-corrected chi connectivity index (χ2v) is 3.68. The number of methoxy groups -OCH3 is 1. The van der Waals surface area contributed by atoms with E-state index in [2.05, 4.69) is 4.74 Å². The monoisotopic (exact) mass is 230 g/mol. The van der Waals surface area contributed by atoms with Crippen LogP contribution in [-0.2, 0) is 23.8 Å². The summed E-state index contributed by atoms with van der Waals surface area (Å²) in [5.74, 6) is -0.304. The SMILES string of the molecule is COC(=O)CCC(=O)CCC1OCCCO1. The van der Waals surface area contributed by atoms with Gasteiger partial charge in [0, 0.05) is 19.3 Å². The Morgan fingerprint density at radius 3 is 2.50 bits per heavy atom. The molecule has 92 valence electrons. The smallest absolute Gasteiger partial charge is 0.305 e. The average Bonchev–Trinajstić information content (AvgIpc) is 2.34. The zero-order chi connectivity index (χ0) is 11.8. The summed E-state index contributed by atoms with van der Waals surface area (Å²) in [6, 6.07) is 0. The first-order valence-electron chi connectivity index (χ1n) is 5.54. The molecule has 0 aliphatic carbocycles. The van der Waals surface area contributed by atoms with Crippen LogP contribution in [0.3, 0.4) is 0 Å². The van der Waals surface area contributed by atoms with Crippen LogP contribution in [0, 0.1) is 0 Å². The van der Waals surface area contributed by atoms with E-state index in [1.807, 2.05) is 0 Å². The maximum absolute atomic E-state index is 11.4. The van der Waals surface area contributed by atoms with Crippen molar-refractivity contribution in [1.29, 1.82) is 0 Å². The van der Waals surface area contributed by atoms with Crippen molar-refractivity contribution < 1.29 is 23.8 Å². The largest absolute Gasteiger partial charge is 0.469 e. The first-order valence-corrected chi connectivity index (χ1v) is 5.54. The van der Waals surface area contributed by atoms with Gasteiger partial charge in [0.15, 0.2) is 6.29 Å². The molecule has 0 bridgehead atoms. The number of carbonyl (C=O) groups is 2. The number of carbonyl (C=O) groups excluding carboxylic acids is 2. The average molecular weight is 230 g/mol. The highest BCUT2D eigenvalue weighted by molar-refractivity contribution is 5.82. The van der Waals surface area contributed by atoms with Gasteiger partial charge in [-0.15, -0.1) is 0 Å². The summed E-state index contributed by atoms with van der Waals surface area (Å²) in [5, 5.41) is 0. The lowest BCUT2D eigenvalue weighted by atomic mass is 10.1. The highest BCUT2D eigenvalue weighted by Gasteiger charge is 2.16. The van der Waals surface area contributed by atoms with Crippen molar-refractivity contribution in [1.82, 2.24) is 0 Å². The Labute approximate surface area is 95.0 Å². The van der Waals surface area contributed by atoms with Crippen molar-refractivity contribution in [3.05, 3.63) is 0 Å². The number of hydrogen-bond donors (Lipinski definition) is 0. The molecule has 0 saturated carbocycles. The van der Waals surface area contributed by atoms with Crippen LogP contribution >= 0.6 is 0 Å². The molecule has 1 aliphatic rings. The Hall–Kier alpha value is -0.940. The Morgan fingerprint density at radius 2 is 1.88 bits per heavy atom. The predicted octanol–water partition coefficient (Wildman–Crippen LogP) is 1.05. The quantitative estimate of drug-likeness (QED) is 0.638. The summed E-state index contributed by atoms with van der Waals surface area (Å²) < 4.78 is 15.1. The van der Waals surface area contributed by atoms with E-state index in [-0.39, 0.29) is 30.9 Å². The van der Waals surface area contributed by atoms with Gasteiger partial charge in [0.1, 0.15) is 5.78 Å². The van der Waals surface area contributed by atoms with Gasteiger partial charge in [0.25, 0.3) is 0 Å². The minimum Gasteiger partial charge on any atom is -0.469 e. The molecule has 0 spiro atoms. The summed E-state index contributed by atoms with van der Waals surface area (Å²) in [6.45, 7) is 1.39. The third-order valence-electron chi connectivity index (χ3n) is 2.39. The molecule has 0 unspecified atom stereocenters. The van der Waals surface area contributed by atoms with Crippen molar-refractivity contribution in [2.45, 2.75) is 38.4 Å². The zero-order valence-corrected chi connectivity index (χ0v) is 9.57. The molecule has 1 heterocycles. The fraction of sp³-hybridized carbons (Fsp3) is 0.818. The standard InChI is InChI=1S/C11H18O5/c1-14-10(13)5-3-9(12)4-6-11-15-7-2-8-16-11/h11H,2-8H2,1H3. The summed E-state index contributed by atoms with van der Waals surface area (Å²) >= 11 is 0. The molecule has 0 N–H and O–H groups in total. The number of esters is 1. The third-order valence-corrected chi connectivity index (χ3v) is 2.39. The number of hydrogen-bond acceptors (Lipinski definition) is 5. The lowest BCUT2D eigenvalue weighted by Gasteiger charge is -2.22. The summed E-state index contributed by atoms with van der Waals surface area (Å²) in [5.41, 5.74) is 0. The van der Waals surface area contributed by atoms with Crippen LogP contribution in [0.4, 0.5) is 0 Å². The van der Waals surface area contributed by atoms with Crippen molar-refractivity contribution in [2.24, 2.45) is 0 Å². The van der Waals surface area contributed by atoms with Gasteiger partial charge in [-0.3, -0.25) is 9.59 Å². The van der Waals surface area contributed by atoms with E-state index in [1.165, 1.54) is 7.11 Å². The van der Waals surface area contributed by atoms with Gasteiger partial charge in [-0.25, -0.2) is 0 Å². The maximum Gasteiger partial charge on any atom is 0.305 e. The van der Waals surface area contributed by atoms with E-state index in [9.17, 15) is 9.59 Å². The number of Topliss-reactive ketones (excluding diaryl/α,β-unsaturated/α-hetero) is 1. The molecule has 1 aliphatic heterocycles. The summed E-state index contributed by atoms with van der Waals surface area (Å²) in [4.78, 5) is 22.2. The normalized spacial score (nSPS) is 17.1. The Balaban J connectivity index is 2.07. The molecule has 5 heteroatoms. The molecular formula is C11H18O5. The fourth-order valence-corrected chi connectivity index (χ4v) is 1.45. The highest BCUT2D eigenvalue weighted by atomic mass is 16.7. The van der Waals surface area contributed by atoms with E-state index in [4.69, 9.17) is 9.47 Å². The molecule has 0 atom stereocenters. The molecule has 0 aromatic heterocycles. The van der Waals surface area contributed by atoms with E-state index in [1.54, 1.807) is 0 Å². The molecule has 5 nitrogen and oxygen atoms in total. The van der Waals surface area contributed by atoms with E-state index in [0.29, 0.717) is 26.1 Å². The van der Waals surface area contributed by atoms with E-state index < -0.39 is 0 Å². The van der Waals surface area contributed by atoms with Gasteiger partial charge >= 0.3 is 5.97 Å². The molecule has 1 fully saturated rings. The Bertz CT molecular complexity index is 233. The Morgan fingerprint density at radius 1 is 1.19 bits per heavy atom.